The number of fused-ring (bicyclic) bond motifs is 10. The van der Waals surface area contributed by atoms with Gasteiger partial charge in [0.1, 0.15) is 0 Å². The fraction of sp³-hybridized carbons (Fsp3) is 0.0566. The highest BCUT2D eigenvalue weighted by Gasteiger charge is 2.36. The first-order chi connectivity index (χ1) is 28.0. The van der Waals surface area contributed by atoms with E-state index in [1.165, 1.54) is 60.1 Å². The van der Waals surface area contributed by atoms with Crippen LogP contribution in [0.4, 0.5) is 0 Å². The molecule has 268 valence electrons. The first-order valence-electron chi connectivity index (χ1n) is 19.5. The maximum absolute atomic E-state index is 5.02. The van der Waals surface area contributed by atoms with E-state index >= 15 is 0 Å². The predicted octanol–water partition coefficient (Wildman–Crippen LogP) is 13.4. The lowest BCUT2D eigenvalue weighted by atomic mass is 9.81. The monoisotopic (exact) mass is 728 g/mol. The van der Waals surface area contributed by atoms with Crippen molar-refractivity contribution in [3.63, 3.8) is 0 Å². The van der Waals surface area contributed by atoms with Crippen LogP contribution in [-0.2, 0) is 5.41 Å². The van der Waals surface area contributed by atoms with Gasteiger partial charge in [-0.15, -0.1) is 0 Å². The molecule has 11 rings (SSSR count). The van der Waals surface area contributed by atoms with Crippen LogP contribution in [0, 0.1) is 0 Å². The Morgan fingerprint density at radius 1 is 0.351 bits per heavy atom. The molecule has 0 amide bonds. The topological polar surface area (TPSA) is 51.6 Å². The Morgan fingerprint density at radius 2 is 0.825 bits per heavy atom. The minimum Gasteiger partial charge on any atom is -0.265 e. The zero-order chi connectivity index (χ0) is 38.1. The fourth-order valence-corrected chi connectivity index (χ4v) is 8.93. The Morgan fingerprint density at radius 3 is 1.51 bits per heavy atom. The molecule has 10 aromatic rings. The maximum Gasteiger partial charge on any atom is 0.164 e. The van der Waals surface area contributed by atoms with Crippen molar-refractivity contribution < 1.29 is 0 Å². The van der Waals surface area contributed by atoms with Crippen molar-refractivity contribution in [1.82, 2.24) is 19.9 Å². The summed E-state index contributed by atoms with van der Waals surface area (Å²) in [5, 5.41) is 7.74. The van der Waals surface area contributed by atoms with Gasteiger partial charge in [0.15, 0.2) is 17.5 Å². The summed E-state index contributed by atoms with van der Waals surface area (Å²) in [5.41, 5.74) is 12.8. The molecule has 0 radical (unpaired) electrons. The van der Waals surface area contributed by atoms with Crippen LogP contribution < -0.4 is 0 Å². The SMILES string of the molecule is CC1(C)c2ccccc2-c2c1ccc1c3ccc(-c4ccc(-c5nc(-c6ccccc6)nc(-c6ccc(-c7ccncc7)cc6)n5)cc4)cc3c3ccccc3c21. The number of pyridine rings is 1. The van der Waals surface area contributed by atoms with Gasteiger partial charge in [0.05, 0.1) is 0 Å². The van der Waals surface area contributed by atoms with Crippen LogP contribution >= 0.6 is 0 Å². The van der Waals surface area contributed by atoms with Crippen LogP contribution in [0.2, 0.25) is 0 Å². The second kappa shape index (κ2) is 12.9. The standard InChI is InChI=1S/C53H36N4/c1-53(2)46-15-9-8-14-44(46)49-47(53)27-26-43-41-25-24-39(32-45(41)40-12-6-7-13-42(40)48(43)49)34-18-22-38(23-19-34)52-56-50(36-10-4-3-5-11-36)55-51(57-52)37-20-16-33(17-21-37)35-28-30-54-31-29-35/h3-32H,1-2H3. The highest BCUT2D eigenvalue weighted by Crippen LogP contribution is 2.53. The van der Waals surface area contributed by atoms with Crippen molar-refractivity contribution in [2.75, 3.05) is 0 Å². The fourth-order valence-electron chi connectivity index (χ4n) is 8.93. The van der Waals surface area contributed by atoms with E-state index in [9.17, 15) is 0 Å². The molecule has 1 aliphatic carbocycles. The number of nitrogens with zero attached hydrogens (tertiary/aromatic N) is 4. The van der Waals surface area contributed by atoms with Gasteiger partial charge in [-0.1, -0.05) is 166 Å². The highest BCUT2D eigenvalue weighted by molar-refractivity contribution is 6.29. The molecule has 0 unspecified atom stereocenters. The van der Waals surface area contributed by atoms with E-state index in [2.05, 4.69) is 146 Å². The summed E-state index contributed by atoms with van der Waals surface area (Å²) in [4.78, 5) is 19.1. The van der Waals surface area contributed by atoms with Crippen LogP contribution in [0.25, 0.3) is 99.9 Å². The lowest BCUT2D eigenvalue weighted by Crippen LogP contribution is -2.14. The van der Waals surface area contributed by atoms with E-state index in [-0.39, 0.29) is 5.41 Å². The van der Waals surface area contributed by atoms with Gasteiger partial charge in [-0.05, 0) is 95.0 Å². The van der Waals surface area contributed by atoms with Crippen LogP contribution in [-0.4, -0.2) is 19.9 Å². The van der Waals surface area contributed by atoms with Crippen molar-refractivity contribution in [3.05, 3.63) is 193 Å². The molecule has 0 atom stereocenters. The molecular formula is C53H36N4. The molecule has 0 spiro atoms. The van der Waals surface area contributed by atoms with Crippen LogP contribution in [0.3, 0.4) is 0 Å². The molecule has 4 nitrogen and oxygen atoms in total. The summed E-state index contributed by atoms with van der Waals surface area (Å²) in [6.07, 6.45) is 3.62. The second-order valence-electron chi connectivity index (χ2n) is 15.5. The average Bonchev–Trinajstić information content (AvgIpc) is 3.52. The van der Waals surface area contributed by atoms with E-state index in [1.54, 1.807) is 0 Å². The van der Waals surface area contributed by atoms with Gasteiger partial charge in [0.2, 0.25) is 0 Å². The van der Waals surface area contributed by atoms with Gasteiger partial charge in [-0.2, -0.15) is 0 Å². The van der Waals surface area contributed by atoms with E-state index in [0.29, 0.717) is 17.5 Å². The molecule has 0 bridgehead atoms. The average molecular weight is 729 g/mol. The number of aromatic nitrogens is 4. The summed E-state index contributed by atoms with van der Waals surface area (Å²) >= 11 is 0. The van der Waals surface area contributed by atoms with Crippen molar-refractivity contribution in [1.29, 1.82) is 0 Å². The summed E-state index contributed by atoms with van der Waals surface area (Å²) in [6.45, 7) is 4.71. The maximum atomic E-state index is 5.02. The Hall–Kier alpha value is -7.30. The number of rotatable bonds is 5. The van der Waals surface area contributed by atoms with Crippen molar-refractivity contribution >= 4 is 32.3 Å². The third kappa shape index (κ3) is 5.37. The molecule has 0 aliphatic heterocycles. The van der Waals surface area contributed by atoms with Gasteiger partial charge in [-0.3, -0.25) is 4.98 Å². The summed E-state index contributed by atoms with van der Waals surface area (Å²) in [7, 11) is 0. The zero-order valence-corrected chi connectivity index (χ0v) is 31.6. The van der Waals surface area contributed by atoms with Crippen LogP contribution in [0.1, 0.15) is 25.0 Å². The first kappa shape index (κ1) is 33.1. The van der Waals surface area contributed by atoms with E-state index in [0.717, 1.165) is 33.4 Å². The summed E-state index contributed by atoms with van der Waals surface area (Å²) in [5.74, 6) is 1.91. The van der Waals surface area contributed by atoms with E-state index in [1.807, 2.05) is 54.9 Å². The van der Waals surface area contributed by atoms with Crippen LogP contribution in [0.5, 0.6) is 0 Å². The molecule has 4 heteroatoms. The summed E-state index contributed by atoms with van der Waals surface area (Å²) in [6, 6.07) is 60.6. The molecule has 0 saturated heterocycles. The zero-order valence-electron chi connectivity index (χ0n) is 31.6. The molecular weight excluding hydrogens is 693 g/mol. The third-order valence-corrected chi connectivity index (χ3v) is 11.8. The number of hydrogen-bond donors (Lipinski definition) is 0. The minimum atomic E-state index is -0.0510. The molecule has 57 heavy (non-hydrogen) atoms. The Labute approximate surface area is 331 Å². The lowest BCUT2D eigenvalue weighted by Gasteiger charge is -2.22. The predicted molar refractivity (Wildman–Crippen MR) is 235 cm³/mol. The van der Waals surface area contributed by atoms with E-state index in [4.69, 9.17) is 15.0 Å². The van der Waals surface area contributed by atoms with Gasteiger partial charge < -0.3 is 0 Å². The smallest absolute Gasteiger partial charge is 0.164 e. The Kier molecular flexibility index (Phi) is 7.48. The largest absolute Gasteiger partial charge is 0.265 e. The van der Waals surface area contributed by atoms with Crippen molar-refractivity contribution in [3.8, 4) is 67.5 Å². The van der Waals surface area contributed by atoms with Crippen molar-refractivity contribution in [2.24, 2.45) is 0 Å². The van der Waals surface area contributed by atoms with Crippen molar-refractivity contribution in [2.45, 2.75) is 19.3 Å². The number of benzene rings is 8. The lowest BCUT2D eigenvalue weighted by molar-refractivity contribution is 0.661. The molecule has 2 aromatic heterocycles. The first-order valence-corrected chi connectivity index (χ1v) is 19.5. The molecule has 1 aliphatic rings. The Bertz CT molecular complexity index is 3150. The molecule has 0 fully saturated rings. The summed E-state index contributed by atoms with van der Waals surface area (Å²) < 4.78 is 0. The Balaban J connectivity index is 1.00. The third-order valence-electron chi connectivity index (χ3n) is 11.8. The number of hydrogen-bond acceptors (Lipinski definition) is 4. The van der Waals surface area contributed by atoms with E-state index < -0.39 is 0 Å². The minimum absolute atomic E-state index is 0.0510. The van der Waals surface area contributed by atoms with Gasteiger partial charge in [0.25, 0.3) is 0 Å². The molecule has 0 N–H and O–H groups in total. The molecule has 8 aromatic carbocycles. The van der Waals surface area contributed by atoms with Gasteiger partial charge in [0, 0.05) is 34.5 Å². The van der Waals surface area contributed by atoms with Gasteiger partial charge in [-0.25, -0.2) is 15.0 Å². The quantitative estimate of drug-likeness (QED) is 0.166. The van der Waals surface area contributed by atoms with Gasteiger partial charge >= 0.3 is 0 Å². The van der Waals surface area contributed by atoms with Crippen LogP contribution in [0.15, 0.2) is 182 Å². The normalized spacial score (nSPS) is 12.9. The highest BCUT2D eigenvalue weighted by atomic mass is 15.0. The molecule has 2 heterocycles. The molecule has 0 saturated carbocycles. The second-order valence-corrected chi connectivity index (χ2v) is 15.5.